The summed E-state index contributed by atoms with van der Waals surface area (Å²) < 4.78 is 27.6. The number of esters is 1. The summed E-state index contributed by atoms with van der Waals surface area (Å²) in [6.07, 6.45) is 0.508. The maximum absolute atomic E-state index is 11.6. The molecule has 0 spiro atoms. The summed E-state index contributed by atoms with van der Waals surface area (Å²) in [4.78, 5) is 21.6. The molecule has 8 heteroatoms. The van der Waals surface area contributed by atoms with Gasteiger partial charge < -0.3 is 4.74 Å². The maximum Gasteiger partial charge on any atom is 0.311 e. The van der Waals surface area contributed by atoms with Crippen molar-refractivity contribution in [2.45, 2.75) is 12.8 Å². The molecule has 1 aliphatic rings. The summed E-state index contributed by atoms with van der Waals surface area (Å²) >= 11 is 0. The normalized spacial score (nSPS) is 20.5. The third-order valence-electron chi connectivity index (χ3n) is 3.06. The standard InChI is InChI=1S/C12H13NO6S/c14-12(7-9-5-6-20(17,18)8-9)19-11-3-1-10(2-4-11)13(15)16/h1-4,9H,5-8H2/t9-/m1/s1. The zero-order valence-corrected chi connectivity index (χ0v) is 11.3. The zero-order chi connectivity index (χ0) is 14.8. The van der Waals surface area contributed by atoms with E-state index in [0.29, 0.717) is 6.42 Å². The van der Waals surface area contributed by atoms with Crippen molar-refractivity contribution in [1.82, 2.24) is 0 Å². The molecule has 0 radical (unpaired) electrons. The summed E-state index contributed by atoms with van der Waals surface area (Å²) in [5, 5.41) is 10.5. The number of nitro benzene ring substituents is 1. The predicted octanol–water partition coefficient (Wildman–Crippen LogP) is 1.33. The van der Waals surface area contributed by atoms with E-state index < -0.39 is 20.7 Å². The van der Waals surface area contributed by atoms with Crippen LogP contribution in [0.2, 0.25) is 0 Å². The van der Waals surface area contributed by atoms with Crippen LogP contribution in [0, 0.1) is 16.0 Å². The lowest BCUT2D eigenvalue weighted by Crippen LogP contribution is -2.15. The lowest BCUT2D eigenvalue weighted by Gasteiger charge is -2.07. The number of carbonyl (C=O) groups excluding carboxylic acids is 1. The average molecular weight is 299 g/mol. The van der Waals surface area contributed by atoms with Crippen molar-refractivity contribution in [2.24, 2.45) is 5.92 Å². The number of nitro groups is 1. The first-order chi connectivity index (χ1) is 9.35. The Balaban J connectivity index is 1.90. The van der Waals surface area contributed by atoms with Crippen LogP contribution in [0.15, 0.2) is 24.3 Å². The third kappa shape index (κ3) is 3.77. The minimum Gasteiger partial charge on any atom is -0.427 e. The summed E-state index contributed by atoms with van der Waals surface area (Å²) in [5.74, 6) is -0.391. The van der Waals surface area contributed by atoms with Crippen molar-refractivity contribution < 1.29 is 22.9 Å². The van der Waals surface area contributed by atoms with Gasteiger partial charge in [0, 0.05) is 18.6 Å². The van der Waals surface area contributed by atoms with Gasteiger partial charge in [0.05, 0.1) is 16.4 Å². The van der Waals surface area contributed by atoms with Crippen molar-refractivity contribution in [1.29, 1.82) is 0 Å². The van der Waals surface area contributed by atoms with Gasteiger partial charge in [0.1, 0.15) is 5.75 Å². The van der Waals surface area contributed by atoms with E-state index in [2.05, 4.69) is 0 Å². The highest BCUT2D eigenvalue weighted by molar-refractivity contribution is 7.91. The van der Waals surface area contributed by atoms with Crippen LogP contribution >= 0.6 is 0 Å². The Morgan fingerprint density at radius 2 is 2.00 bits per heavy atom. The molecule has 20 heavy (non-hydrogen) atoms. The van der Waals surface area contributed by atoms with Crippen molar-refractivity contribution >= 4 is 21.5 Å². The highest BCUT2D eigenvalue weighted by Gasteiger charge is 2.29. The van der Waals surface area contributed by atoms with Gasteiger partial charge in [-0.3, -0.25) is 14.9 Å². The van der Waals surface area contributed by atoms with Crippen LogP contribution in [-0.4, -0.2) is 30.8 Å². The molecular formula is C12H13NO6S. The van der Waals surface area contributed by atoms with E-state index in [-0.39, 0.29) is 35.3 Å². The van der Waals surface area contributed by atoms with Crippen LogP contribution in [0.5, 0.6) is 5.75 Å². The molecule has 0 N–H and O–H groups in total. The molecule has 0 amide bonds. The Morgan fingerprint density at radius 3 is 2.50 bits per heavy atom. The molecule has 1 saturated heterocycles. The molecule has 0 saturated carbocycles. The van der Waals surface area contributed by atoms with Gasteiger partial charge in [0.15, 0.2) is 9.84 Å². The van der Waals surface area contributed by atoms with Gasteiger partial charge in [-0.1, -0.05) is 0 Å². The van der Waals surface area contributed by atoms with E-state index in [1.165, 1.54) is 24.3 Å². The van der Waals surface area contributed by atoms with Gasteiger partial charge in [-0.2, -0.15) is 0 Å². The summed E-state index contributed by atoms with van der Waals surface area (Å²) in [7, 11) is -3.01. The van der Waals surface area contributed by atoms with Gasteiger partial charge >= 0.3 is 5.97 Å². The molecule has 1 aliphatic heterocycles. The van der Waals surface area contributed by atoms with Gasteiger partial charge in [-0.15, -0.1) is 0 Å². The second-order valence-corrected chi connectivity index (χ2v) is 6.93. The fraction of sp³-hybridized carbons (Fsp3) is 0.417. The molecular weight excluding hydrogens is 286 g/mol. The van der Waals surface area contributed by atoms with E-state index in [0.717, 1.165) is 0 Å². The van der Waals surface area contributed by atoms with Crippen LogP contribution in [0.3, 0.4) is 0 Å². The van der Waals surface area contributed by atoms with Gasteiger partial charge in [0.25, 0.3) is 5.69 Å². The van der Waals surface area contributed by atoms with Crippen molar-refractivity contribution in [2.75, 3.05) is 11.5 Å². The molecule has 0 unspecified atom stereocenters. The number of carbonyl (C=O) groups is 1. The number of sulfone groups is 1. The van der Waals surface area contributed by atoms with Crippen molar-refractivity contribution in [3.8, 4) is 5.75 Å². The second kappa shape index (κ2) is 5.58. The Hall–Kier alpha value is -1.96. The summed E-state index contributed by atoms with van der Waals surface area (Å²) in [5.41, 5.74) is -0.0910. The largest absolute Gasteiger partial charge is 0.427 e. The van der Waals surface area contributed by atoms with Gasteiger partial charge in [-0.05, 0) is 24.5 Å². The molecule has 1 heterocycles. The second-order valence-electron chi connectivity index (χ2n) is 4.70. The summed E-state index contributed by atoms with van der Waals surface area (Å²) in [6.45, 7) is 0. The van der Waals surface area contributed by atoms with Crippen molar-refractivity contribution in [3.05, 3.63) is 34.4 Å². The lowest BCUT2D eigenvalue weighted by atomic mass is 10.1. The number of hydrogen-bond donors (Lipinski definition) is 0. The molecule has 1 aromatic rings. The average Bonchev–Trinajstić information content (AvgIpc) is 2.69. The molecule has 1 atom stereocenters. The Labute approximate surface area is 115 Å². The fourth-order valence-corrected chi connectivity index (χ4v) is 3.94. The molecule has 2 rings (SSSR count). The zero-order valence-electron chi connectivity index (χ0n) is 10.5. The molecule has 0 aliphatic carbocycles. The first-order valence-electron chi connectivity index (χ1n) is 6.01. The topological polar surface area (TPSA) is 104 Å². The quantitative estimate of drug-likeness (QED) is 0.359. The number of nitrogens with zero attached hydrogens (tertiary/aromatic N) is 1. The Bertz CT molecular complexity index is 622. The molecule has 1 aromatic carbocycles. The maximum atomic E-state index is 11.6. The predicted molar refractivity (Wildman–Crippen MR) is 70.1 cm³/mol. The van der Waals surface area contributed by atoms with E-state index in [1.54, 1.807) is 0 Å². The number of non-ortho nitro benzene ring substituents is 1. The van der Waals surface area contributed by atoms with E-state index in [1.807, 2.05) is 0 Å². The van der Waals surface area contributed by atoms with E-state index in [9.17, 15) is 23.3 Å². The number of hydrogen-bond acceptors (Lipinski definition) is 6. The van der Waals surface area contributed by atoms with Crippen LogP contribution in [0.4, 0.5) is 5.69 Å². The molecule has 0 aromatic heterocycles. The Kier molecular flexibility index (Phi) is 4.03. The van der Waals surface area contributed by atoms with Gasteiger partial charge in [-0.25, -0.2) is 8.42 Å². The molecule has 108 valence electrons. The van der Waals surface area contributed by atoms with E-state index >= 15 is 0 Å². The van der Waals surface area contributed by atoms with E-state index in [4.69, 9.17) is 4.74 Å². The lowest BCUT2D eigenvalue weighted by molar-refractivity contribution is -0.384. The number of ether oxygens (including phenoxy) is 1. The monoisotopic (exact) mass is 299 g/mol. The molecule has 1 fully saturated rings. The third-order valence-corrected chi connectivity index (χ3v) is 4.90. The summed E-state index contributed by atoms with van der Waals surface area (Å²) in [6, 6.07) is 5.15. The fourth-order valence-electron chi connectivity index (χ4n) is 2.08. The number of rotatable bonds is 4. The van der Waals surface area contributed by atoms with Gasteiger partial charge in [0.2, 0.25) is 0 Å². The van der Waals surface area contributed by atoms with Crippen LogP contribution in [0.1, 0.15) is 12.8 Å². The minimum absolute atomic E-state index is 0.0162. The first-order valence-corrected chi connectivity index (χ1v) is 7.83. The SMILES string of the molecule is O=C(C[C@H]1CCS(=O)(=O)C1)Oc1ccc([N+](=O)[O-])cc1. The van der Waals surface area contributed by atoms with Crippen LogP contribution < -0.4 is 4.74 Å². The Morgan fingerprint density at radius 1 is 1.35 bits per heavy atom. The van der Waals surface area contributed by atoms with Crippen LogP contribution in [0.25, 0.3) is 0 Å². The van der Waals surface area contributed by atoms with Crippen LogP contribution in [-0.2, 0) is 14.6 Å². The minimum atomic E-state index is -3.01. The highest BCUT2D eigenvalue weighted by atomic mass is 32.2. The highest BCUT2D eigenvalue weighted by Crippen LogP contribution is 2.23. The smallest absolute Gasteiger partial charge is 0.311 e. The van der Waals surface area contributed by atoms with Crippen molar-refractivity contribution in [3.63, 3.8) is 0 Å². The number of benzene rings is 1. The molecule has 0 bridgehead atoms. The first kappa shape index (κ1) is 14.4. The molecule has 7 nitrogen and oxygen atoms in total.